The third-order valence-electron chi connectivity index (χ3n) is 7.27. The number of carbonyl (C=O) groups is 1. The molecule has 0 spiro atoms. The van der Waals surface area contributed by atoms with Crippen molar-refractivity contribution in [1.82, 2.24) is 0 Å². The molecule has 10 nitrogen and oxygen atoms in total. The van der Waals surface area contributed by atoms with Crippen LogP contribution in [-0.2, 0) is 9.53 Å². The van der Waals surface area contributed by atoms with E-state index in [0.717, 1.165) is 35.8 Å². The molecule has 0 aromatic heterocycles. The Bertz CT molecular complexity index is 1300. The molecule has 4 atom stereocenters. The van der Waals surface area contributed by atoms with E-state index in [0.29, 0.717) is 18.9 Å². The van der Waals surface area contributed by atoms with Crippen LogP contribution in [0.5, 0.6) is 0 Å². The molecule has 1 amide bonds. The zero-order valence-electron chi connectivity index (χ0n) is 21.9. The molecule has 200 valence electrons. The summed E-state index contributed by atoms with van der Waals surface area (Å²) >= 11 is 0. The molecule has 6 N–H and O–H groups in total. The monoisotopic (exact) mass is 517 g/mol. The number of hydrogen-bond acceptors (Lipinski definition) is 9. The molecule has 5 rings (SSSR count). The van der Waals surface area contributed by atoms with Crippen molar-refractivity contribution in [3.05, 3.63) is 54.7 Å². The summed E-state index contributed by atoms with van der Waals surface area (Å²) in [5.74, 6) is -0.750. The Morgan fingerprint density at radius 2 is 2.03 bits per heavy atom. The average molecular weight is 518 g/mol. The van der Waals surface area contributed by atoms with E-state index in [-0.39, 0.29) is 17.5 Å². The summed E-state index contributed by atoms with van der Waals surface area (Å²) in [7, 11) is 0. The van der Waals surface area contributed by atoms with E-state index in [1.165, 1.54) is 0 Å². The molecule has 2 unspecified atom stereocenters. The largest absolute Gasteiger partial charge is 0.378 e. The lowest BCUT2D eigenvalue weighted by Crippen LogP contribution is -2.56. The Morgan fingerprint density at radius 3 is 2.76 bits per heavy atom. The number of anilines is 4. The van der Waals surface area contributed by atoms with Crippen molar-refractivity contribution >= 4 is 46.3 Å². The molecule has 0 bridgehead atoms. The topological polar surface area (TPSA) is 137 Å². The number of amides is 1. The van der Waals surface area contributed by atoms with E-state index in [1.807, 2.05) is 68.6 Å². The first kappa shape index (κ1) is 25.7. The van der Waals surface area contributed by atoms with E-state index >= 15 is 0 Å². The fourth-order valence-electron chi connectivity index (χ4n) is 5.36. The Morgan fingerprint density at radius 1 is 1.26 bits per heavy atom. The summed E-state index contributed by atoms with van der Waals surface area (Å²) in [4.78, 5) is 23.4. The predicted molar refractivity (Wildman–Crippen MR) is 152 cm³/mol. The zero-order valence-corrected chi connectivity index (χ0v) is 21.9. The SMILES string of the molecule is C[C@H]1C=NC=CC1[C@@](C)(O)Nc1cc(NC2(C)Nc3ccccc3N=C2C(N)=O)ccc1N1CCOCC1. The summed E-state index contributed by atoms with van der Waals surface area (Å²) in [6.07, 6.45) is 5.49. The van der Waals surface area contributed by atoms with Gasteiger partial charge in [0.25, 0.3) is 5.91 Å². The molecule has 2 aromatic carbocycles. The standard InChI is InChI=1S/C28H35N7O3/c1-18-17-30-11-10-20(18)28(3,37)34-23-16-19(8-9-24(23)35-12-14-38-15-13-35)32-27(2)25(26(29)36)31-21-6-4-5-7-22(21)33-27/h4-11,16-18,20,32-34,37H,12-15H2,1-3H3,(H2,29,36)/t18-,20?,27?,28+/m0/s1. The molecule has 10 heteroatoms. The molecular formula is C28H35N7O3. The number of morpholine rings is 1. The zero-order chi connectivity index (χ0) is 26.9. The van der Waals surface area contributed by atoms with Crippen LogP contribution in [0.2, 0.25) is 0 Å². The number of ether oxygens (including phenoxy) is 1. The normalized spacial score (nSPS) is 26.0. The summed E-state index contributed by atoms with van der Waals surface area (Å²) in [6, 6.07) is 13.4. The molecule has 0 aliphatic carbocycles. The highest BCUT2D eigenvalue weighted by Gasteiger charge is 2.39. The van der Waals surface area contributed by atoms with Gasteiger partial charge in [-0.3, -0.25) is 9.79 Å². The molecule has 3 heterocycles. The second-order valence-corrected chi connectivity index (χ2v) is 10.3. The maximum Gasteiger partial charge on any atom is 0.267 e. The number of hydrogen-bond donors (Lipinski definition) is 5. The lowest BCUT2D eigenvalue weighted by molar-refractivity contribution is -0.112. The molecule has 0 radical (unpaired) electrons. The van der Waals surface area contributed by atoms with Gasteiger partial charge >= 0.3 is 0 Å². The Kier molecular flexibility index (Phi) is 6.85. The van der Waals surface area contributed by atoms with Gasteiger partial charge in [0.1, 0.15) is 5.72 Å². The van der Waals surface area contributed by atoms with Gasteiger partial charge in [-0.2, -0.15) is 0 Å². The second kappa shape index (κ2) is 10.1. The van der Waals surface area contributed by atoms with Crippen LogP contribution in [-0.4, -0.2) is 60.6 Å². The van der Waals surface area contributed by atoms with E-state index < -0.39 is 17.3 Å². The first-order chi connectivity index (χ1) is 18.2. The smallest absolute Gasteiger partial charge is 0.267 e. The van der Waals surface area contributed by atoms with Crippen LogP contribution in [0.3, 0.4) is 0 Å². The van der Waals surface area contributed by atoms with Crippen molar-refractivity contribution in [3.8, 4) is 0 Å². The lowest BCUT2D eigenvalue weighted by Gasteiger charge is -2.39. The van der Waals surface area contributed by atoms with Crippen LogP contribution >= 0.6 is 0 Å². The minimum absolute atomic E-state index is 0.0513. The van der Waals surface area contributed by atoms with Crippen LogP contribution in [0.4, 0.5) is 28.4 Å². The van der Waals surface area contributed by atoms with Gasteiger partial charge in [0.2, 0.25) is 0 Å². The Hall–Kier alpha value is -3.89. The summed E-state index contributed by atoms with van der Waals surface area (Å²) in [5, 5.41) is 21.8. The number of primary amides is 1. The third kappa shape index (κ3) is 5.09. The van der Waals surface area contributed by atoms with Crippen LogP contribution in [0.15, 0.2) is 64.7 Å². The first-order valence-corrected chi connectivity index (χ1v) is 12.9. The van der Waals surface area contributed by atoms with Crippen molar-refractivity contribution in [2.75, 3.05) is 47.2 Å². The minimum Gasteiger partial charge on any atom is -0.378 e. The van der Waals surface area contributed by atoms with E-state index in [4.69, 9.17) is 10.5 Å². The number of aliphatic hydroxyl groups is 1. The number of fused-ring (bicyclic) bond motifs is 1. The van der Waals surface area contributed by atoms with Crippen LogP contribution in [0.1, 0.15) is 20.8 Å². The Balaban J connectivity index is 1.49. The van der Waals surface area contributed by atoms with Gasteiger partial charge in [0.15, 0.2) is 11.4 Å². The van der Waals surface area contributed by atoms with Gasteiger partial charge in [0, 0.05) is 43.0 Å². The van der Waals surface area contributed by atoms with Gasteiger partial charge in [-0.05, 0) is 44.2 Å². The predicted octanol–water partition coefficient (Wildman–Crippen LogP) is 3.31. The fraction of sp³-hybridized carbons (Fsp3) is 0.393. The van der Waals surface area contributed by atoms with Crippen molar-refractivity contribution in [3.63, 3.8) is 0 Å². The van der Waals surface area contributed by atoms with Gasteiger partial charge in [-0.25, -0.2) is 4.99 Å². The molecule has 1 fully saturated rings. The molecule has 0 saturated carbocycles. The van der Waals surface area contributed by atoms with Gasteiger partial charge < -0.3 is 36.4 Å². The number of nitrogens with zero attached hydrogens (tertiary/aromatic N) is 3. The van der Waals surface area contributed by atoms with Gasteiger partial charge in [0.05, 0.1) is 36.0 Å². The van der Waals surface area contributed by atoms with Crippen molar-refractivity contribution in [2.45, 2.75) is 32.2 Å². The average Bonchev–Trinajstić information content (AvgIpc) is 2.88. The van der Waals surface area contributed by atoms with Crippen molar-refractivity contribution < 1.29 is 14.6 Å². The van der Waals surface area contributed by atoms with Crippen LogP contribution in [0, 0.1) is 11.8 Å². The van der Waals surface area contributed by atoms with Crippen LogP contribution < -0.4 is 26.6 Å². The minimum atomic E-state index is -1.26. The van der Waals surface area contributed by atoms with E-state index in [9.17, 15) is 9.90 Å². The summed E-state index contributed by atoms with van der Waals surface area (Å²) in [6.45, 7) is 8.39. The van der Waals surface area contributed by atoms with Crippen LogP contribution in [0.25, 0.3) is 0 Å². The molecular weight excluding hydrogens is 482 g/mol. The highest BCUT2D eigenvalue weighted by Crippen LogP contribution is 2.38. The van der Waals surface area contributed by atoms with Gasteiger partial charge in [-0.1, -0.05) is 25.1 Å². The van der Waals surface area contributed by atoms with Crippen molar-refractivity contribution in [2.24, 2.45) is 27.6 Å². The maximum atomic E-state index is 12.4. The number of carbonyl (C=O) groups excluding carboxylic acids is 1. The third-order valence-corrected chi connectivity index (χ3v) is 7.27. The number of para-hydroxylation sites is 2. The molecule has 3 aliphatic rings. The van der Waals surface area contributed by atoms with E-state index in [2.05, 4.69) is 30.8 Å². The quantitative estimate of drug-likeness (QED) is 0.356. The fourth-order valence-corrected chi connectivity index (χ4v) is 5.36. The number of nitrogens with two attached hydrogens (primary N) is 1. The molecule has 3 aliphatic heterocycles. The molecule has 2 aromatic rings. The first-order valence-electron chi connectivity index (χ1n) is 12.9. The molecule has 38 heavy (non-hydrogen) atoms. The number of benzene rings is 2. The summed E-state index contributed by atoms with van der Waals surface area (Å²) < 4.78 is 5.56. The lowest BCUT2D eigenvalue weighted by atomic mass is 9.84. The van der Waals surface area contributed by atoms with E-state index in [1.54, 1.807) is 13.1 Å². The highest BCUT2D eigenvalue weighted by molar-refractivity contribution is 6.43. The van der Waals surface area contributed by atoms with Crippen molar-refractivity contribution in [1.29, 1.82) is 0 Å². The number of aliphatic imine (C=N–C) groups is 2. The highest BCUT2D eigenvalue weighted by atomic mass is 16.5. The number of rotatable bonds is 7. The molecule has 1 saturated heterocycles. The Labute approximate surface area is 222 Å². The number of nitrogens with one attached hydrogen (secondary N) is 3. The summed E-state index contributed by atoms with van der Waals surface area (Å²) in [5.41, 5.74) is 7.49. The maximum absolute atomic E-state index is 12.4. The second-order valence-electron chi connectivity index (χ2n) is 10.3. The van der Waals surface area contributed by atoms with Gasteiger partial charge in [-0.15, -0.1) is 0 Å².